The Hall–Kier alpha value is -2.24. The fourth-order valence-corrected chi connectivity index (χ4v) is 3.45. The minimum Gasteiger partial charge on any atom is -0.350 e. The van der Waals surface area contributed by atoms with E-state index in [-0.39, 0.29) is 17.8 Å². The zero-order valence-electron chi connectivity index (χ0n) is 16.3. The molecule has 1 N–H and O–H groups in total. The zero-order chi connectivity index (χ0) is 19.4. The van der Waals surface area contributed by atoms with E-state index in [1.807, 2.05) is 44.2 Å². The number of carbonyl (C=O) groups excluding carboxylic acids is 1. The average molecular weight is 369 g/mol. The van der Waals surface area contributed by atoms with Crippen molar-refractivity contribution in [3.05, 3.63) is 70.5 Å². The van der Waals surface area contributed by atoms with Gasteiger partial charge in [0.1, 0.15) is 5.82 Å². The smallest absolute Gasteiger partial charge is 0.251 e. The SMILES string of the molecule is Cc1ccc(C(=O)NC[C@@H](c2ccc(F)cc2)N2CCN(C)CC2)cc1C. The van der Waals surface area contributed by atoms with Gasteiger partial charge in [-0.05, 0) is 61.9 Å². The van der Waals surface area contributed by atoms with E-state index in [0.717, 1.165) is 37.3 Å². The molecule has 1 saturated heterocycles. The number of hydrogen-bond acceptors (Lipinski definition) is 3. The van der Waals surface area contributed by atoms with Crippen LogP contribution in [0.1, 0.15) is 33.1 Å². The van der Waals surface area contributed by atoms with Gasteiger partial charge >= 0.3 is 0 Å². The molecule has 144 valence electrons. The van der Waals surface area contributed by atoms with Crippen LogP contribution in [0.25, 0.3) is 0 Å². The second kappa shape index (κ2) is 8.63. The first-order valence-electron chi connectivity index (χ1n) is 9.47. The number of benzene rings is 2. The van der Waals surface area contributed by atoms with Crippen molar-refractivity contribution >= 4 is 5.91 Å². The molecular weight excluding hydrogens is 341 g/mol. The van der Waals surface area contributed by atoms with Crippen molar-refractivity contribution in [3.8, 4) is 0 Å². The molecule has 1 aliphatic rings. The number of rotatable bonds is 5. The van der Waals surface area contributed by atoms with E-state index in [9.17, 15) is 9.18 Å². The van der Waals surface area contributed by atoms with E-state index in [4.69, 9.17) is 0 Å². The zero-order valence-corrected chi connectivity index (χ0v) is 16.3. The van der Waals surface area contributed by atoms with Gasteiger partial charge in [0.15, 0.2) is 0 Å². The van der Waals surface area contributed by atoms with Crippen molar-refractivity contribution in [2.45, 2.75) is 19.9 Å². The molecule has 4 nitrogen and oxygen atoms in total. The lowest BCUT2D eigenvalue weighted by Crippen LogP contribution is -2.48. The summed E-state index contributed by atoms with van der Waals surface area (Å²) in [6.07, 6.45) is 0. The van der Waals surface area contributed by atoms with Crippen molar-refractivity contribution in [3.63, 3.8) is 0 Å². The monoisotopic (exact) mass is 369 g/mol. The normalized spacial score (nSPS) is 16.9. The molecule has 27 heavy (non-hydrogen) atoms. The van der Waals surface area contributed by atoms with Crippen LogP contribution in [0, 0.1) is 19.7 Å². The van der Waals surface area contributed by atoms with E-state index in [2.05, 4.69) is 22.2 Å². The maximum absolute atomic E-state index is 13.4. The van der Waals surface area contributed by atoms with E-state index < -0.39 is 0 Å². The highest BCUT2D eigenvalue weighted by atomic mass is 19.1. The highest BCUT2D eigenvalue weighted by Crippen LogP contribution is 2.22. The van der Waals surface area contributed by atoms with Gasteiger partial charge in [-0.25, -0.2) is 4.39 Å². The predicted molar refractivity (Wildman–Crippen MR) is 106 cm³/mol. The molecule has 2 aromatic carbocycles. The third-order valence-electron chi connectivity index (χ3n) is 5.46. The summed E-state index contributed by atoms with van der Waals surface area (Å²) >= 11 is 0. The number of nitrogens with zero attached hydrogens (tertiary/aromatic N) is 2. The number of hydrogen-bond donors (Lipinski definition) is 1. The average Bonchev–Trinajstić information content (AvgIpc) is 2.66. The van der Waals surface area contributed by atoms with Gasteiger partial charge in [0.2, 0.25) is 0 Å². The molecule has 0 radical (unpaired) electrons. The molecule has 5 heteroatoms. The molecule has 0 unspecified atom stereocenters. The van der Waals surface area contributed by atoms with E-state index >= 15 is 0 Å². The van der Waals surface area contributed by atoms with Crippen LogP contribution >= 0.6 is 0 Å². The Kier molecular flexibility index (Phi) is 6.24. The highest BCUT2D eigenvalue weighted by molar-refractivity contribution is 5.94. The minimum absolute atomic E-state index is 0.0368. The number of nitrogens with one attached hydrogen (secondary N) is 1. The second-order valence-electron chi connectivity index (χ2n) is 7.42. The number of likely N-dealkylation sites (N-methyl/N-ethyl adjacent to an activating group) is 1. The summed E-state index contributed by atoms with van der Waals surface area (Å²) in [6, 6.07) is 12.4. The van der Waals surface area contributed by atoms with Crippen LogP contribution in [0.5, 0.6) is 0 Å². The molecule has 1 atom stereocenters. The summed E-state index contributed by atoms with van der Waals surface area (Å²) < 4.78 is 13.4. The number of piperazine rings is 1. The molecule has 1 amide bonds. The Labute approximate surface area is 161 Å². The number of carbonyl (C=O) groups is 1. The molecule has 3 rings (SSSR count). The Morgan fingerprint density at radius 2 is 1.70 bits per heavy atom. The lowest BCUT2D eigenvalue weighted by Gasteiger charge is -2.38. The molecular formula is C22H28FN3O. The third kappa shape index (κ3) is 4.93. The number of halogens is 1. The Morgan fingerprint density at radius 1 is 1.04 bits per heavy atom. The molecule has 0 spiro atoms. The van der Waals surface area contributed by atoms with Crippen LogP contribution in [0.15, 0.2) is 42.5 Å². The van der Waals surface area contributed by atoms with Crippen molar-refractivity contribution in [2.24, 2.45) is 0 Å². The molecule has 0 aromatic heterocycles. The molecule has 1 aliphatic heterocycles. The first-order valence-corrected chi connectivity index (χ1v) is 9.47. The molecule has 1 heterocycles. The van der Waals surface area contributed by atoms with Gasteiger partial charge in [-0.1, -0.05) is 18.2 Å². The van der Waals surface area contributed by atoms with Crippen molar-refractivity contribution in [1.82, 2.24) is 15.1 Å². The maximum Gasteiger partial charge on any atom is 0.251 e. The van der Waals surface area contributed by atoms with E-state index in [1.54, 1.807) is 0 Å². The lowest BCUT2D eigenvalue weighted by molar-refractivity contribution is 0.0886. The van der Waals surface area contributed by atoms with Gasteiger partial charge in [-0.2, -0.15) is 0 Å². The Bertz CT molecular complexity index is 783. The molecule has 0 aliphatic carbocycles. The second-order valence-corrected chi connectivity index (χ2v) is 7.42. The molecule has 1 fully saturated rings. The Balaban J connectivity index is 1.73. The van der Waals surface area contributed by atoms with Gasteiger partial charge in [0.05, 0.1) is 6.04 Å². The summed E-state index contributed by atoms with van der Waals surface area (Å²) in [5, 5.41) is 3.08. The van der Waals surface area contributed by atoms with Gasteiger partial charge in [-0.3, -0.25) is 9.69 Å². The fourth-order valence-electron chi connectivity index (χ4n) is 3.45. The first kappa shape index (κ1) is 19.5. The summed E-state index contributed by atoms with van der Waals surface area (Å²) in [7, 11) is 2.12. The van der Waals surface area contributed by atoms with Crippen LogP contribution in [-0.4, -0.2) is 55.5 Å². The Morgan fingerprint density at radius 3 is 2.33 bits per heavy atom. The van der Waals surface area contributed by atoms with Gasteiger partial charge < -0.3 is 10.2 Å². The van der Waals surface area contributed by atoms with Crippen molar-refractivity contribution < 1.29 is 9.18 Å². The first-order chi connectivity index (χ1) is 12.9. The van der Waals surface area contributed by atoms with Crippen molar-refractivity contribution in [1.29, 1.82) is 0 Å². The molecule has 0 saturated carbocycles. The van der Waals surface area contributed by atoms with Gasteiger partial charge in [-0.15, -0.1) is 0 Å². The van der Waals surface area contributed by atoms with Gasteiger partial charge in [0, 0.05) is 38.3 Å². The van der Waals surface area contributed by atoms with E-state index in [1.165, 1.54) is 17.7 Å². The number of aryl methyl sites for hydroxylation is 2. The van der Waals surface area contributed by atoms with Crippen LogP contribution in [0.4, 0.5) is 4.39 Å². The highest BCUT2D eigenvalue weighted by Gasteiger charge is 2.24. The van der Waals surface area contributed by atoms with Crippen molar-refractivity contribution in [2.75, 3.05) is 39.8 Å². The largest absolute Gasteiger partial charge is 0.350 e. The summed E-state index contributed by atoms with van der Waals surface area (Å²) in [5.74, 6) is -0.311. The molecule has 2 aromatic rings. The lowest BCUT2D eigenvalue weighted by atomic mass is 10.0. The van der Waals surface area contributed by atoms with Crippen LogP contribution in [0.2, 0.25) is 0 Å². The van der Waals surface area contributed by atoms with Crippen LogP contribution < -0.4 is 5.32 Å². The third-order valence-corrected chi connectivity index (χ3v) is 5.46. The predicted octanol–water partition coefficient (Wildman–Crippen LogP) is 3.16. The number of amides is 1. The molecule has 0 bridgehead atoms. The standard InChI is InChI=1S/C22H28FN3O/c1-16-4-5-19(14-17(16)2)22(27)24-15-21(18-6-8-20(23)9-7-18)26-12-10-25(3)11-13-26/h4-9,14,21H,10-13,15H2,1-3H3,(H,24,27)/t21-/m0/s1. The van der Waals surface area contributed by atoms with Crippen LogP contribution in [-0.2, 0) is 0 Å². The van der Waals surface area contributed by atoms with E-state index in [0.29, 0.717) is 12.1 Å². The summed E-state index contributed by atoms with van der Waals surface area (Å²) in [6.45, 7) is 8.38. The minimum atomic E-state index is -0.241. The fraction of sp³-hybridized carbons (Fsp3) is 0.409. The van der Waals surface area contributed by atoms with Crippen LogP contribution in [0.3, 0.4) is 0 Å². The topological polar surface area (TPSA) is 35.6 Å². The summed E-state index contributed by atoms with van der Waals surface area (Å²) in [5.41, 5.74) is 3.99. The quantitative estimate of drug-likeness (QED) is 0.879. The maximum atomic E-state index is 13.4. The van der Waals surface area contributed by atoms with Gasteiger partial charge in [0.25, 0.3) is 5.91 Å². The summed E-state index contributed by atoms with van der Waals surface area (Å²) in [4.78, 5) is 17.3.